The van der Waals surface area contributed by atoms with E-state index in [2.05, 4.69) is 10.7 Å². The van der Waals surface area contributed by atoms with Crippen LogP contribution < -0.4 is 5.32 Å². The quantitative estimate of drug-likeness (QED) is 0.869. The molecule has 1 heterocycles. The van der Waals surface area contributed by atoms with E-state index >= 15 is 0 Å². The molecule has 0 saturated heterocycles. The van der Waals surface area contributed by atoms with Crippen molar-refractivity contribution in [1.29, 1.82) is 0 Å². The van der Waals surface area contributed by atoms with Crippen LogP contribution in [0.15, 0.2) is 5.38 Å². The van der Waals surface area contributed by atoms with Crippen LogP contribution in [0.1, 0.15) is 55.1 Å². The van der Waals surface area contributed by atoms with Gasteiger partial charge in [0.15, 0.2) is 0 Å². The maximum Gasteiger partial charge on any atom is 0.0959 e. The summed E-state index contributed by atoms with van der Waals surface area (Å²) in [5.41, 5.74) is 1.77. The van der Waals surface area contributed by atoms with Gasteiger partial charge in [-0.25, -0.2) is 4.98 Å². The second-order valence-corrected chi connectivity index (χ2v) is 6.25. The minimum Gasteiger partial charge on any atom is -0.319 e. The van der Waals surface area contributed by atoms with Gasteiger partial charge in [0, 0.05) is 23.3 Å². The van der Waals surface area contributed by atoms with Crippen molar-refractivity contribution in [1.82, 2.24) is 10.3 Å². The monoisotopic (exact) mass is 236 g/mol. The van der Waals surface area contributed by atoms with Gasteiger partial charge in [-0.1, -0.05) is 12.8 Å². The largest absolute Gasteiger partial charge is 0.319 e. The van der Waals surface area contributed by atoms with Crippen LogP contribution in [-0.2, 0) is 5.41 Å². The number of hydrogen-bond acceptors (Lipinski definition) is 3. The molecule has 88 valence electrons. The number of nitrogens with one attached hydrogen (secondary N) is 1. The molecule has 3 heteroatoms. The van der Waals surface area contributed by atoms with Gasteiger partial charge in [0.1, 0.15) is 0 Å². The predicted octanol–water partition coefficient (Wildman–Crippen LogP) is 3.05. The fourth-order valence-electron chi connectivity index (χ4n) is 2.90. The highest BCUT2D eigenvalue weighted by molar-refractivity contribution is 7.09. The zero-order valence-corrected chi connectivity index (χ0v) is 10.8. The van der Waals surface area contributed by atoms with Crippen molar-refractivity contribution in [2.24, 2.45) is 0 Å². The number of rotatable bonds is 4. The van der Waals surface area contributed by atoms with E-state index in [0.717, 1.165) is 12.5 Å². The summed E-state index contributed by atoms with van der Waals surface area (Å²) in [6, 6.07) is 0. The molecule has 2 saturated carbocycles. The van der Waals surface area contributed by atoms with Crippen molar-refractivity contribution in [2.75, 3.05) is 13.6 Å². The van der Waals surface area contributed by atoms with E-state index in [4.69, 9.17) is 4.98 Å². The standard InChI is InChI=1S/C13H20N2S/c1-14-9-13(6-7-13)11-8-16-12(15-11)10-4-2-3-5-10/h8,10,14H,2-7,9H2,1H3. The molecule has 0 aromatic carbocycles. The summed E-state index contributed by atoms with van der Waals surface area (Å²) in [5.74, 6) is 0.782. The predicted molar refractivity (Wildman–Crippen MR) is 68.2 cm³/mol. The Kier molecular flexibility index (Phi) is 2.76. The van der Waals surface area contributed by atoms with Gasteiger partial charge in [-0.2, -0.15) is 0 Å². The lowest BCUT2D eigenvalue weighted by molar-refractivity contribution is 0.604. The van der Waals surface area contributed by atoms with E-state index < -0.39 is 0 Å². The molecule has 1 aromatic rings. The van der Waals surface area contributed by atoms with Gasteiger partial charge in [-0.3, -0.25) is 0 Å². The van der Waals surface area contributed by atoms with E-state index in [9.17, 15) is 0 Å². The first-order valence-electron chi connectivity index (χ1n) is 6.45. The minimum atomic E-state index is 0.405. The van der Waals surface area contributed by atoms with Crippen LogP contribution in [0.4, 0.5) is 0 Å². The maximum absolute atomic E-state index is 4.92. The molecule has 2 nitrogen and oxygen atoms in total. The Bertz CT molecular complexity index is 362. The SMILES string of the molecule is CNCC1(c2csc(C3CCCC3)n2)CC1. The third-order valence-electron chi connectivity index (χ3n) is 4.14. The molecule has 1 aromatic heterocycles. The highest BCUT2D eigenvalue weighted by Crippen LogP contribution is 2.48. The summed E-state index contributed by atoms with van der Waals surface area (Å²) in [5, 5.41) is 7.04. The van der Waals surface area contributed by atoms with E-state index in [1.165, 1.54) is 49.2 Å². The van der Waals surface area contributed by atoms with Gasteiger partial charge in [0.25, 0.3) is 0 Å². The molecule has 0 radical (unpaired) electrons. The first-order valence-corrected chi connectivity index (χ1v) is 7.32. The van der Waals surface area contributed by atoms with Gasteiger partial charge in [0.2, 0.25) is 0 Å². The van der Waals surface area contributed by atoms with Crippen LogP contribution in [0.2, 0.25) is 0 Å². The van der Waals surface area contributed by atoms with Crippen LogP contribution in [-0.4, -0.2) is 18.6 Å². The van der Waals surface area contributed by atoms with Crippen LogP contribution >= 0.6 is 11.3 Å². The Labute approximate surface area is 101 Å². The van der Waals surface area contributed by atoms with E-state index in [1.807, 2.05) is 18.4 Å². The second-order valence-electron chi connectivity index (χ2n) is 5.36. The highest BCUT2D eigenvalue weighted by Gasteiger charge is 2.45. The fourth-order valence-corrected chi connectivity index (χ4v) is 4.02. The summed E-state index contributed by atoms with van der Waals surface area (Å²) < 4.78 is 0. The third kappa shape index (κ3) is 1.80. The molecule has 3 rings (SSSR count). The Morgan fingerprint density at radius 1 is 1.44 bits per heavy atom. The van der Waals surface area contributed by atoms with Gasteiger partial charge in [-0.15, -0.1) is 11.3 Å². The van der Waals surface area contributed by atoms with Crippen molar-refractivity contribution >= 4 is 11.3 Å². The van der Waals surface area contributed by atoms with Gasteiger partial charge in [0.05, 0.1) is 10.7 Å². The summed E-state index contributed by atoms with van der Waals surface area (Å²) in [4.78, 5) is 4.92. The molecule has 0 aliphatic heterocycles. The molecule has 2 aliphatic carbocycles. The minimum absolute atomic E-state index is 0.405. The summed E-state index contributed by atoms with van der Waals surface area (Å²) >= 11 is 1.90. The molecule has 0 bridgehead atoms. The second kappa shape index (κ2) is 4.11. The third-order valence-corrected chi connectivity index (χ3v) is 5.15. The van der Waals surface area contributed by atoms with Crippen molar-refractivity contribution < 1.29 is 0 Å². The Hall–Kier alpha value is -0.410. The first-order chi connectivity index (χ1) is 7.84. The normalized spacial score (nSPS) is 23.8. The van der Waals surface area contributed by atoms with Crippen LogP contribution in [0.5, 0.6) is 0 Å². The zero-order valence-electron chi connectivity index (χ0n) is 9.96. The first kappa shape index (κ1) is 10.7. The molecule has 2 aliphatic rings. The average molecular weight is 236 g/mol. The number of aromatic nitrogens is 1. The van der Waals surface area contributed by atoms with Crippen molar-refractivity contribution in [3.05, 3.63) is 16.1 Å². The summed E-state index contributed by atoms with van der Waals surface area (Å²) in [6.45, 7) is 1.10. The topological polar surface area (TPSA) is 24.9 Å². The molecule has 0 unspecified atom stereocenters. The lowest BCUT2D eigenvalue weighted by Gasteiger charge is -2.11. The molecule has 0 spiro atoms. The maximum atomic E-state index is 4.92. The average Bonchev–Trinajstić information content (AvgIpc) is 2.76. The number of thiazole rings is 1. The highest BCUT2D eigenvalue weighted by atomic mass is 32.1. The Morgan fingerprint density at radius 2 is 2.19 bits per heavy atom. The summed E-state index contributed by atoms with van der Waals surface area (Å²) in [7, 11) is 2.05. The molecule has 2 fully saturated rings. The smallest absolute Gasteiger partial charge is 0.0959 e. The van der Waals surface area contributed by atoms with Crippen molar-refractivity contribution in [3.8, 4) is 0 Å². The number of nitrogens with zero attached hydrogens (tertiary/aromatic N) is 1. The van der Waals surface area contributed by atoms with Crippen LogP contribution in [0, 0.1) is 0 Å². The molecule has 0 atom stereocenters. The van der Waals surface area contributed by atoms with Gasteiger partial charge >= 0.3 is 0 Å². The van der Waals surface area contributed by atoms with Crippen LogP contribution in [0.25, 0.3) is 0 Å². The van der Waals surface area contributed by atoms with Crippen molar-refractivity contribution in [3.63, 3.8) is 0 Å². The van der Waals surface area contributed by atoms with Crippen molar-refractivity contribution in [2.45, 2.75) is 49.9 Å². The molecule has 0 amide bonds. The van der Waals surface area contributed by atoms with E-state index in [-0.39, 0.29) is 0 Å². The fraction of sp³-hybridized carbons (Fsp3) is 0.769. The van der Waals surface area contributed by atoms with E-state index in [1.54, 1.807) is 0 Å². The molecule has 16 heavy (non-hydrogen) atoms. The van der Waals surface area contributed by atoms with Crippen LogP contribution in [0.3, 0.4) is 0 Å². The summed E-state index contributed by atoms with van der Waals surface area (Å²) in [6.07, 6.45) is 8.18. The molecule has 1 N–H and O–H groups in total. The van der Waals surface area contributed by atoms with E-state index in [0.29, 0.717) is 5.41 Å². The lowest BCUT2D eigenvalue weighted by atomic mass is 10.0. The Balaban J connectivity index is 1.77. The number of likely N-dealkylation sites (N-methyl/N-ethyl adjacent to an activating group) is 1. The Morgan fingerprint density at radius 3 is 2.81 bits per heavy atom. The molecular weight excluding hydrogens is 216 g/mol. The lowest BCUT2D eigenvalue weighted by Crippen LogP contribution is -2.23. The van der Waals surface area contributed by atoms with Gasteiger partial charge in [-0.05, 0) is 32.7 Å². The zero-order chi connectivity index (χ0) is 11.0. The molecular formula is C13H20N2S. The van der Waals surface area contributed by atoms with Gasteiger partial charge < -0.3 is 5.32 Å². The number of hydrogen-bond donors (Lipinski definition) is 1.